The molecule has 1 heterocycles. The van der Waals surface area contributed by atoms with E-state index in [9.17, 15) is 0 Å². The molecule has 0 saturated carbocycles. The quantitative estimate of drug-likeness (QED) is 0.816. The molecule has 0 amide bonds. The molecular weight excluding hydrogens is 262 g/mol. The number of nitrogen functional groups attached to an aromatic ring is 1. The second-order valence-corrected chi connectivity index (χ2v) is 5.83. The molecular formula is C17H29N3O. The molecule has 1 saturated heterocycles. The normalized spacial score (nSPS) is 18.6. The Hall–Kier alpha value is -1.26. The fraction of sp³-hybridized carbons (Fsp3) is 0.647. The summed E-state index contributed by atoms with van der Waals surface area (Å²) in [6.45, 7) is 13.1. The van der Waals surface area contributed by atoms with Gasteiger partial charge >= 0.3 is 0 Å². The Morgan fingerprint density at radius 3 is 2.48 bits per heavy atom. The lowest BCUT2D eigenvalue weighted by atomic mass is 10.0. The molecule has 4 heteroatoms. The third-order valence-electron chi connectivity index (χ3n) is 4.38. The fourth-order valence-electron chi connectivity index (χ4n) is 3.00. The number of hydrogen-bond acceptors (Lipinski definition) is 4. The summed E-state index contributed by atoms with van der Waals surface area (Å²) in [7, 11) is 0. The Morgan fingerprint density at radius 1 is 1.19 bits per heavy atom. The number of nitrogens with two attached hydrogens (primary N) is 1. The minimum atomic E-state index is 0.557. The molecule has 1 aromatic rings. The van der Waals surface area contributed by atoms with Gasteiger partial charge in [-0.25, -0.2) is 0 Å². The average Bonchev–Trinajstić information content (AvgIpc) is 2.50. The van der Waals surface area contributed by atoms with Crippen molar-refractivity contribution in [2.45, 2.75) is 33.2 Å². The molecule has 2 rings (SSSR count). The van der Waals surface area contributed by atoms with Gasteiger partial charge in [0, 0.05) is 32.2 Å². The number of anilines is 1. The number of likely N-dealkylation sites (N-methyl/N-ethyl adjacent to an activating group) is 1. The molecule has 0 radical (unpaired) electrons. The van der Waals surface area contributed by atoms with Gasteiger partial charge in [0.05, 0.1) is 12.3 Å². The van der Waals surface area contributed by atoms with Crippen LogP contribution in [0.2, 0.25) is 0 Å². The van der Waals surface area contributed by atoms with Crippen molar-refractivity contribution in [1.29, 1.82) is 0 Å². The lowest BCUT2D eigenvalue weighted by Gasteiger charge is -2.37. The van der Waals surface area contributed by atoms with Crippen LogP contribution in [0.5, 0.6) is 5.75 Å². The summed E-state index contributed by atoms with van der Waals surface area (Å²) >= 11 is 0. The van der Waals surface area contributed by atoms with Crippen molar-refractivity contribution in [2.75, 3.05) is 45.1 Å². The minimum Gasteiger partial charge on any atom is -0.492 e. The van der Waals surface area contributed by atoms with Crippen molar-refractivity contribution in [1.82, 2.24) is 9.80 Å². The van der Waals surface area contributed by atoms with Crippen LogP contribution in [-0.2, 0) is 6.42 Å². The first kappa shape index (κ1) is 16.1. The highest BCUT2D eigenvalue weighted by atomic mass is 16.5. The summed E-state index contributed by atoms with van der Waals surface area (Å²) in [6, 6.07) is 6.75. The molecule has 1 aromatic carbocycles. The molecule has 1 atom stereocenters. The smallest absolute Gasteiger partial charge is 0.142 e. The van der Waals surface area contributed by atoms with E-state index in [-0.39, 0.29) is 0 Å². The highest BCUT2D eigenvalue weighted by Crippen LogP contribution is 2.23. The molecule has 0 bridgehead atoms. The highest BCUT2D eigenvalue weighted by molar-refractivity contribution is 5.54. The van der Waals surface area contributed by atoms with E-state index in [1.807, 2.05) is 13.0 Å². The first-order valence-corrected chi connectivity index (χ1v) is 8.11. The van der Waals surface area contributed by atoms with E-state index >= 15 is 0 Å². The van der Waals surface area contributed by atoms with Crippen LogP contribution in [0, 0.1) is 0 Å². The Kier molecular flexibility index (Phi) is 5.88. The van der Waals surface area contributed by atoms with E-state index in [0.717, 1.165) is 24.4 Å². The van der Waals surface area contributed by atoms with Crippen LogP contribution in [0.1, 0.15) is 26.3 Å². The summed E-state index contributed by atoms with van der Waals surface area (Å²) < 4.78 is 5.50. The Morgan fingerprint density at radius 2 is 1.90 bits per heavy atom. The molecule has 1 unspecified atom stereocenters. The number of hydrogen-bond donors (Lipinski definition) is 1. The van der Waals surface area contributed by atoms with Crippen molar-refractivity contribution in [3.05, 3.63) is 23.8 Å². The fourth-order valence-corrected chi connectivity index (χ4v) is 3.00. The lowest BCUT2D eigenvalue weighted by Crippen LogP contribution is -2.49. The molecule has 0 aliphatic carbocycles. The summed E-state index contributed by atoms with van der Waals surface area (Å²) in [5.74, 6) is 0.797. The van der Waals surface area contributed by atoms with E-state index in [0.29, 0.717) is 12.6 Å². The standard InChI is InChI=1S/C17H29N3O/c1-4-19-8-10-20(11-9-19)14(3)12-15-6-7-17(21-5-2)16(18)13-15/h6-7,13-14H,4-5,8-12,18H2,1-3H3. The van der Waals surface area contributed by atoms with Gasteiger partial charge in [-0.3, -0.25) is 4.90 Å². The van der Waals surface area contributed by atoms with Crippen LogP contribution < -0.4 is 10.5 Å². The SMILES string of the molecule is CCOc1ccc(CC(C)N2CCN(CC)CC2)cc1N. The maximum Gasteiger partial charge on any atom is 0.142 e. The van der Waals surface area contributed by atoms with Gasteiger partial charge in [0.1, 0.15) is 5.75 Å². The zero-order valence-electron chi connectivity index (χ0n) is 13.6. The number of ether oxygens (including phenoxy) is 1. The predicted molar refractivity (Wildman–Crippen MR) is 88.9 cm³/mol. The zero-order chi connectivity index (χ0) is 15.2. The maximum absolute atomic E-state index is 6.05. The summed E-state index contributed by atoms with van der Waals surface area (Å²) in [4.78, 5) is 5.09. The van der Waals surface area contributed by atoms with Gasteiger partial charge in [0.25, 0.3) is 0 Å². The third-order valence-corrected chi connectivity index (χ3v) is 4.38. The van der Waals surface area contributed by atoms with E-state index in [1.165, 1.54) is 31.7 Å². The number of nitrogens with zero attached hydrogens (tertiary/aromatic N) is 2. The zero-order valence-corrected chi connectivity index (χ0v) is 13.6. The van der Waals surface area contributed by atoms with Crippen molar-refractivity contribution >= 4 is 5.69 Å². The van der Waals surface area contributed by atoms with E-state index in [1.54, 1.807) is 0 Å². The molecule has 0 spiro atoms. The molecule has 21 heavy (non-hydrogen) atoms. The second kappa shape index (κ2) is 7.66. The van der Waals surface area contributed by atoms with Gasteiger partial charge in [-0.05, 0) is 44.5 Å². The largest absolute Gasteiger partial charge is 0.492 e. The minimum absolute atomic E-state index is 0.557. The second-order valence-electron chi connectivity index (χ2n) is 5.83. The van der Waals surface area contributed by atoms with Gasteiger partial charge in [-0.2, -0.15) is 0 Å². The first-order chi connectivity index (χ1) is 10.1. The third kappa shape index (κ3) is 4.35. The Labute approximate surface area is 128 Å². The monoisotopic (exact) mass is 291 g/mol. The highest BCUT2D eigenvalue weighted by Gasteiger charge is 2.20. The van der Waals surface area contributed by atoms with E-state index < -0.39 is 0 Å². The van der Waals surface area contributed by atoms with Crippen molar-refractivity contribution < 1.29 is 4.74 Å². The van der Waals surface area contributed by atoms with Crippen LogP contribution in [0.4, 0.5) is 5.69 Å². The Balaban J connectivity index is 1.90. The van der Waals surface area contributed by atoms with E-state index in [2.05, 4.69) is 35.8 Å². The van der Waals surface area contributed by atoms with Crippen molar-refractivity contribution in [2.24, 2.45) is 0 Å². The van der Waals surface area contributed by atoms with Crippen LogP contribution in [0.15, 0.2) is 18.2 Å². The maximum atomic E-state index is 6.05. The number of benzene rings is 1. The van der Waals surface area contributed by atoms with Crippen LogP contribution in [-0.4, -0.2) is 55.2 Å². The topological polar surface area (TPSA) is 41.7 Å². The predicted octanol–water partition coefficient (Wildman–Crippen LogP) is 2.24. The molecule has 1 aliphatic heterocycles. The summed E-state index contributed by atoms with van der Waals surface area (Å²) in [5, 5.41) is 0. The molecule has 4 nitrogen and oxygen atoms in total. The van der Waals surface area contributed by atoms with Gasteiger partial charge < -0.3 is 15.4 Å². The molecule has 1 fully saturated rings. The molecule has 2 N–H and O–H groups in total. The average molecular weight is 291 g/mol. The molecule has 1 aliphatic rings. The first-order valence-electron chi connectivity index (χ1n) is 8.11. The van der Waals surface area contributed by atoms with Gasteiger partial charge in [-0.15, -0.1) is 0 Å². The van der Waals surface area contributed by atoms with Gasteiger partial charge in [0.2, 0.25) is 0 Å². The molecule has 0 aromatic heterocycles. The lowest BCUT2D eigenvalue weighted by molar-refractivity contribution is 0.106. The van der Waals surface area contributed by atoms with Crippen LogP contribution in [0.25, 0.3) is 0 Å². The van der Waals surface area contributed by atoms with Gasteiger partial charge in [0.15, 0.2) is 0 Å². The summed E-state index contributed by atoms with van der Waals surface area (Å²) in [5.41, 5.74) is 8.09. The summed E-state index contributed by atoms with van der Waals surface area (Å²) in [6.07, 6.45) is 1.04. The van der Waals surface area contributed by atoms with Crippen LogP contribution >= 0.6 is 0 Å². The van der Waals surface area contributed by atoms with Crippen molar-refractivity contribution in [3.8, 4) is 5.75 Å². The molecule has 118 valence electrons. The number of piperazine rings is 1. The van der Waals surface area contributed by atoms with Crippen LogP contribution in [0.3, 0.4) is 0 Å². The number of rotatable bonds is 6. The van der Waals surface area contributed by atoms with Gasteiger partial charge in [-0.1, -0.05) is 13.0 Å². The van der Waals surface area contributed by atoms with E-state index in [4.69, 9.17) is 10.5 Å². The Bertz CT molecular complexity index is 442. The van der Waals surface area contributed by atoms with Crippen molar-refractivity contribution in [3.63, 3.8) is 0 Å².